The van der Waals surface area contributed by atoms with Crippen LogP contribution in [0, 0.1) is 11.0 Å². The molecule has 5 rings (SSSR count). The van der Waals surface area contributed by atoms with Crippen LogP contribution in [0.3, 0.4) is 0 Å². The predicted octanol–water partition coefficient (Wildman–Crippen LogP) is 2.96. The summed E-state index contributed by atoms with van der Waals surface area (Å²) in [7, 11) is -3.46. The third-order valence-electron chi connectivity index (χ3n) is 5.93. The van der Waals surface area contributed by atoms with Crippen LogP contribution in [0.15, 0.2) is 29.6 Å². The van der Waals surface area contributed by atoms with Crippen molar-refractivity contribution in [1.29, 1.82) is 0 Å². The number of fused-ring (bicyclic) bond motifs is 1. The molecule has 9 nitrogen and oxygen atoms in total. The molecule has 3 aromatic heterocycles. The van der Waals surface area contributed by atoms with E-state index in [-0.39, 0.29) is 21.2 Å². The lowest BCUT2D eigenvalue weighted by Gasteiger charge is -2.26. The van der Waals surface area contributed by atoms with Crippen LogP contribution in [-0.4, -0.2) is 52.5 Å². The molecule has 1 N–H and O–H groups in total. The molecule has 1 atom stereocenters. The molecule has 3 aromatic rings. The van der Waals surface area contributed by atoms with E-state index in [1.807, 2.05) is 0 Å². The van der Waals surface area contributed by atoms with Crippen molar-refractivity contribution in [3.8, 4) is 0 Å². The molecule has 1 saturated carbocycles. The fourth-order valence-corrected chi connectivity index (χ4v) is 6.44. The minimum Gasteiger partial charge on any atom is -0.381 e. The summed E-state index contributed by atoms with van der Waals surface area (Å²) in [4.78, 5) is 21.7. The highest BCUT2D eigenvalue weighted by Crippen LogP contribution is 2.37. The predicted molar refractivity (Wildman–Crippen MR) is 116 cm³/mol. The Kier molecular flexibility index (Phi) is 5.68. The Morgan fingerprint density at radius 3 is 2.72 bits per heavy atom. The van der Waals surface area contributed by atoms with Gasteiger partial charge in [0, 0.05) is 19.4 Å². The van der Waals surface area contributed by atoms with E-state index in [0.717, 1.165) is 30.4 Å². The molecule has 2 fully saturated rings. The number of anilines is 1. The largest absolute Gasteiger partial charge is 0.381 e. The van der Waals surface area contributed by atoms with Crippen molar-refractivity contribution in [2.45, 2.75) is 48.3 Å². The van der Waals surface area contributed by atoms with Gasteiger partial charge in [0.1, 0.15) is 6.04 Å². The second-order valence-electron chi connectivity index (χ2n) is 8.15. The maximum absolute atomic E-state index is 13.4. The number of halogens is 1. The number of hydrogen-bond acceptors (Lipinski definition) is 8. The average Bonchev–Trinajstić information content (AvgIpc) is 3.46. The van der Waals surface area contributed by atoms with Crippen molar-refractivity contribution in [3.63, 3.8) is 0 Å². The minimum atomic E-state index is -3.46. The van der Waals surface area contributed by atoms with Crippen LogP contribution in [0.1, 0.15) is 38.1 Å². The normalized spacial score (nSPS) is 18.7. The van der Waals surface area contributed by atoms with E-state index >= 15 is 0 Å². The molecule has 1 aliphatic carbocycles. The average molecular weight is 480 g/mol. The SMILES string of the molecule is O=C(Nc1ncc(F)s1)[C@@H](CC1CCOCC1)n1ncc2c(S(=O)(=O)C3CC3)ccnc21. The second kappa shape index (κ2) is 8.49. The Hall–Kier alpha value is -2.44. The van der Waals surface area contributed by atoms with Gasteiger partial charge in [-0.1, -0.05) is 11.3 Å². The number of aromatic nitrogens is 4. The third kappa shape index (κ3) is 4.14. The van der Waals surface area contributed by atoms with Crippen LogP contribution in [0.5, 0.6) is 0 Å². The van der Waals surface area contributed by atoms with Crippen molar-refractivity contribution in [3.05, 3.63) is 29.8 Å². The topological polar surface area (TPSA) is 116 Å². The van der Waals surface area contributed by atoms with Crippen molar-refractivity contribution in [1.82, 2.24) is 19.7 Å². The van der Waals surface area contributed by atoms with Gasteiger partial charge < -0.3 is 10.1 Å². The number of thiazole rings is 1. The zero-order valence-electron chi connectivity index (χ0n) is 17.1. The minimum absolute atomic E-state index is 0.158. The number of amides is 1. The van der Waals surface area contributed by atoms with Crippen LogP contribution in [0.25, 0.3) is 11.0 Å². The lowest BCUT2D eigenvalue weighted by atomic mass is 9.92. The van der Waals surface area contributed by atoms with E-state index in [4.69, 9.17) is 4.74 Å². The molecule has 0 unspecified atom stereocenters. The molecular formula is C20H22FN5O4S2. The van der Waals surface area contributed by atoms with Crippen LogP contribution in [0.4, 0.5) is 9.52 Å². The Morgan fingerprint density at radius 1 is 1.25 bits per heavy atom. The summed E-state index contributed by atoms with van der Waals surface area (Å²) in [6.45, 7) is 1.25. The second-order valence-corrected chi connectivity index (χ2v) is 11.3. The standard InChI is InChI=1S/C20H22FN5O4S2/c21-17-11-23-20(31-17)25-19(27)15(9-12-4-7-30-8-5-12)26-18-14(10-24-26)16(3-6-22-18)32(28,29)13-1-2-13/h3,6,10-13,15H,1-2,4-5,7-9H2,(H,23,25,27)/t15-/m1/s1. The van der Waals surface area contributed by atoms with Crippen LogP contribution in [-0.2, 0) is 19.4 Å². The highest BCUT2D eigenvalue weighted by Gasteiger charge is 2.38. The fourth-order valence-electron chi connectivity index (χ4n) is 4.07. The van der Waals surface area contributed by atoms with Gasteiger partial charge in [-0.3, -0.25) is 4.79 Å². The number of nitrogens with one attached hydrogen (secondary N) is 1. The van der Waals surface area contributed by atoms with Gasteiger partial charge in [-0.2, -0.15) is 9.49 Å². The number of pyridine rings is 1. The molecule has 0 spiro atoms. The van der Waals surface area contributed by atoms with Crippen molar-refractivity contribution >= 4 is 43.2 Å². The van der Waals surface area contributed by atoms with E-state index in [1.165, 1.54) is 23.1 Å². The number of rotatable bonds is 7. The number of sulfone groups is 1. The molecule has 0 radical (unpaired) electrons. The van der Waals surface area contributed by atoms with Gasteiger partial charge >= 0.3 is 0 Å². The maximum Gasteiger partial charge on any atom is 0.251 e. The van der Waals surface area contributed by atoms with Crippen molar-refractivity contribution in [2.24, 2.45) is 5.92 Å². The molecule has 0 bridgehead atoms. The van der Waals surface area contributed by atoms with E-state index in [1.54, 1.807) is 0 Å². The van der Waals surface area contributed by atoms with Gasteiger partial charge in [-0.05, 0) is 44.1 Å². The lowest BCUT2D eigenvalue weighted by molar-refractivity contribution is -0.120. The van der Waals surface area contributed by atoms with Crippen LogP contribution in [0.2, 0.25) is 0 Å². The van der Waals surface area contributed by atoms with E-state index < -0.39 is 26.9 Å². The summed E-state index contributed by atoms with van der Waals surface area (Å²) in [6.07, 6.45) is 7.35. The number of carbonyl (C=O) groups excluding carboxylic acids is 1. The first-order chi connectivity index (χ1) is 15.4. The summed E-state index contributed by atoms with van der Waals surface area (Å²) in [5.74, 6) is -0.168. The van der Waals surface area contributed by atoms with Gasteiger partial charge in [-0.25, -0.2) is 23.1 Å². The highest BCUT2D eigenvalue weighted by molar-refractivity contribution is 7.92. The Balaban J connectivity index is 1.52. The number of hydrogen-bond donors (Lipinski definition) is 1. The summed E-state index contributed by atoms with van der Waals surface area (Å²) in [5.41, 5.74) is 0.337. The van der Waals surface area contributed by atoms with Crippen molar-refractivity contribution < 1.29 is 22.3 Å². The molecule has 32 heavy (non-hydrogen) atoms. The molecular weight excluding hydrogens is 457 g/mol. The lowest BCUT2D eigenvalue weighted by Crippen LogP contribution is -2.30. The number of nitrogens with zero attached hydrogens (tertiary/aromatic N) is 4. The quantitative estimate of drug-likeness (QED) is 0.554. The maximum atomic E-state index is 13.4. The zero-order valence-corrected chi connectivity index (χ0v) is 18.7. The highest BCUT2D eigenvalue weighted by atomic mass is 32.2. The Morgan fingerprint density at radius 2 is 2.03 bits per heavy atom. The number of carbonyl (C=O) groups is 1. The molecule has 1 aliphatic heterocycles. The summed E-state index contributed by atoms with van der Waals surface area (Å²) in [6, 6.07) is 0.738. The van der Waals surface area contributed by atoms with Crippen LogP contribution < -0.4 is 5.32 Å². The van der Waals surface area contributed by atoms with E-state index in [9.17, 15) is 17.6 Å². The first kappa shape index (κ1) is 21.4. The molecule has 4 heterocycles. The molecule has 2 aliphatic rings. The van der Waals surface area contributed by atoms with Gasteiger partial charge in [0.15, 0.2) is 25.7 Å². The molecule has 1 amide bonds. The van der Waals surface area contributed by atoms with E-state index in [0.29, 0.717) is 43.5 Å². The molecule has 170 valence electrons. The first-order valence-electron chi connectivity index (χ1n) is 10.5. The monoisotopic (exact) mass is 479 g/mol. The summed E-state index contributed by atoms with van der Waals surface area (Å²) >= 11 is 0.742. The number of ether oxygens (including phenoxy) is 1. The molecule has 0 aromatic carbocycles. The Bertz CT molecular complexity index is 1250. The van der Waals surface area contributed by atoms with Crippen LogP contribution >= 0.6 is 11.3 Å². The summed E-state index contributed by atoms with van der Waals surface area (Å²) < 4.78 is 46.0. The van der Waals surface area contributed by atoms with E-state index in [2.05, 4.69) is 20.4 Å². The van der Waals surface area contributed by atoms with Gasteiger partial charge in [0.25, 0.3) is 5.91 Å². The zero-order chi connectivity index (χ0) is 22.3. The third-order valence-corrected chi connectivity index (χ3v) is 8.95. The fraction of sp³-hybridized carbons (Fsp3) is 0.500. The van der Waals surface area contributed by atoms with Crippen molar-refractivity contribution in [2.75, 3.05) is 18.5 Å². The van der Waals surface area contributed by atoms with Gasteiger partial charge in [0.05, 0.1) is 27.9 Å². The van der Waals surface area contributed by atoms with Gasteiger partial charge in [-0.15, -0.1) is 0 Å². The molecule has 12 heteroatoms. The molecule has 1 saturated heterocycles. The smallest absolute Gasteiger partial charge is 0.251 e. The Labute approximate surface area is 187 Å². The van der Waals surface area contributed by atoms with Gasteiger partial charge in [0.2, 0.25) is 0 Å². The summed E-state index contributed by atoms with van der Waals surface area (Å²) in [5, 5.41) is 6.76. The first-order valence-corrected chi connectivity index (χ1v) is 12.9.